The molecule has 0 aliphatic rings. The number of aromatic nitrogens is 3. The molecule has 0 aliphatic heterocycles. The molecule has 0 spiro atoms. The molecule has 0 atom stereocenters. The third kappa shape index (κ3) is 2.22. The molecule has 3 aromatic heterocycles. The molecule has 5 nitrogen and oxygen atoms in total. The van der Waals surface area contributed by atoms with Crippen molar-refractivity contribution in [1.82, 2.24) is 14.5 Å². The van der Waals surface area contributed by atoms with Gasteiger partial charge in [0, 0.05) is 18.9 Å². The zero-order chi connectivity index (χ0) is 13.2. The highest BCUT2D eigenvalue weighted by Crippen LogP contribution is 2.14. The predicted molar refractivity (Wildman–Crippen MR) is 76.8 cm³/mol. The molecule has 3 rings (SSSR count). The van der Waals surface area contributed by atoms with Gasteiger partial charge >= 0.3 is 0 Å². The van der Waals surface area contributed by atoms with Crippen LogP contribution < -0.4 is 10.9 Å². The highest BCUT2D eigenvalue weighted by Gasteiger charge is 2.06. The van der Waals surface area contributed by atoms with E-state index in [4.69, 9.17) is 0 Å². The SMILES string of the molecule is CNc1ccnc(Cn2cnc3sccc3c2=O)c1. The van der Waals surface area contributed by atoms with Crippen LogP contribution in [0.2, 0.25) is 0 Å². The number of nitrogens with one attached hydrogen (secondary N) is 1. The molecule has 0 radical (unpaired) electrons. The van der Waals surface area contributed by atoms with Gasteiger partial charge in [0.05, 0.1) is 24.0 Å². The van der Waals surface area contributed by atoms with Gasteiger partial charge in [-0.15, -0.1) is 11.3 Å². The summed E-state index contributed by atoms with van der Waals surface area (Å²) >= 11 is 1.47. The van der Waals surface area contributed by atoms with Crippen LogP contribution in [0.1, 0.15) is 5.69 Å². The normalized spacial score (nSPS) is 10.8. The highest BCUT2D eigenvalue weighted by atomic mass is 32.1. The lowest BCUT2D eigenvalue weighted by molar-refractivity contribution is 0.731. The van der Waals surface area contributed by atoms with Crippen molar-refractivity contribution in [3.05, 3.63) is 52.2 Å². The molecule has 0 unspecified atom stereocenters. The second-order valence-electron chi connectivity index (χ2n) is 4.10. The van der Waals surface area contributed by atoms with E-state index in [-0.39, 0.29) is 5.56 Å². The Morgan fingerprint density at radius 3 is 3.11 bits per heavy atom. The molecular weight excluding hydrogens is 260 g/mol. The van der Waals surface area contributed by atoms with E-state index < -0.39 is 0 Å². The fraction of sp³-hybridized carbons (Fsp3) is 0.154. The molecule has 3 heterocycles. The van der Waals surface area contributed by atoms with Gasteiger partial charge in [-0.05, 0) is 23.6 Å². The molecule has 96 valence electrons. The molecule has 0 aromatic carbocycles. The summed E-state index contributed by atoms with van der Waals surface area (Å²) in [6.45, 7) is 0.424. The van der Waals surface area contributed by atoms with Gasteiger partial charge in [-0.25, -0.2) is 4.98 Å². The number of hydrogen-bond acceptors (Lipinski definition) is 5. The first-order valence-electron chi connectivity index (χ1n) is 5.83. The molecule has 0 aliphatic carbocycles. The maximum Gasteiger partial charge on any atom is 0.262 e. The summed E-state index contributed by atoms with van der Waals surface area (Å²) < 4.78 is 1.58. The van der Waals surface area contributed by atoms with E-state index in [0.717, 1.165) is 16.2 Å². The lowest BCUT2D eigenvalue weighted by atomic mass is 10.3. The Morgan fingerprint density at radius 2 is 2.26 bits per heavy atom. The molecule has 19 heavy (non-hydrogen) atoms. The van der Waals surface area contributed by atoms with Gasteiger partial charge in [0.1, 0.15) is 4.83 Å². The first-order valence-corrected chi connectivity index (χ1v) is 6.71. The number of pyridine rings is 1. The van der Waals surface area contributed by atoms with Gasteiger partial charge in [0.25, 0.3) is 5.56 Å². The van der Waals surface area contributed by atoms with E-state index >= 15 is 0 Å². The van der Waals surface area contributed by atoms with E-state index in [1.165, 1.54) is 11.3 Å². The van der Waals surface area contributed by atoms with E-state index in [2.05, 4.69) is 15.3 Å². The van der Waals surface area contributed by atoms with Crippen LogP contribution in [-0.2, 0) is 6.54 Å². The van der Waals surface area contributed by atoms with Gasteiger partial charge in [-0.3, -0.25) is 14.3 Å². The highest BCUT2D eigenvalue weighted by molar-refractivity contribution is 7.16. The molecule has 0 saturated carbocycles. The number of fused-ring (bicyclic) bond motifs is 1. The quantitative estimate of drug-likeness (QED) is 0.791. The molecule has 0 saturated heterocycles. The Labute approximate surface area is 113 Å². The van der Waals surface area contributed by atoms with Gasteiger partial charge in [-0.1, -0.05) is 0 Å². The Hall–Kier alpha value is -2.21. The maximum absolute atomic E-state index is 12.2. The zero-order valence-corrected chi connectivity index (χ0v) is 11.1. The zero-order valence-electron chi connectivity index (χ0n) is 10.3. The average molecular weight is 272 g/mol. The Morgan fingerprint density at radius 1 is 1.37 bits per heavy atom. The second-order valence-corrected chi connectivity index (χ2v) is 5.00. The van der Waals surface area contributed by atoms with Crippen molar-refractivity contribution in [2.24, 2.45) is 0 Å². The largest absolute Gasteiger partial charge is 0.388 e. The number of thiophene rings is 1. The smallest absolute Gasteiger partial charge is 0.262 e. The van der Waals surface area contributed by atoms with E-state index in [9.17, 15) is 4.79 Å². The first-order chi connectivity index (χ1) is 9.28. The van der Waals surface area contributed by atoms with Crippen molar-refractivity contribution in [2.75, 3.05) is 12.4 Å². The van der Waals surface area contributed by atoms with Crippen molar-refractivity contribution in [3.63, 3.8) is 0 Å². The van der Waals surface area contributed by atoms with Gasteiger partial charge in [0.15, 0.2) is 0 Å². The van der Waals surface area contributed by atoms with Crippen LogP contribution in [0.5, 0.6) is 0 Å². The lowest BCUT2D eigenvalue weighted by Gasteiger charge is -2.06. The molecule has 0 amide bonds. The number of hydrogen-bond donors (Lipinski definition) is 1. The number of rotatable bonds is 3. The van der Waals surface area contributed by atoms with Crippen molar-refractivity contribution in [1.29, 1.82) is 0 Å². The summed E-state index contributed by atoms with van der Waals surface area (Å²) in [4.78, 5) is 21.6. The summed E-state index contributed by atoms with van der Waals surface area (Å²) in [6.07, 6.45) is 3.30. The van der Waals surface area contributed by atoms with Gasteiger partial charge < -0.3 is 5.32 Å². The third-order valence-electron chi connectivity index (χ3n) is 2.89. The Kier molecular flexibility index (Phi) is 3.00. The lowest BCUT2D eigenvalue weighted by Crippen LogP contribution is -2.20. The van der Waals surface area contributed by atoms with Crippen LogP contribution in [0, 0.1) is 0 Å². The number of anilines is 1. The summed E-state index contributed by atoms with van der Waals surface area (Å²) in [6, 6.07) is 5.61. The molecule has 0 fully saturated rings. The van der Waals surface area contributed by atoms with Crippen LogP contribution in [0.15, 0.2) is 40.9 Å². The van der Waals surface area contributed by atoms with Crippen molar-refractivity contribution < 1.29 is 0 Å². The van der Waals surface area contributed by atoms with E-state index in [1.807, 2.05) is 30.6 Å². The first kappa shape index (κ1) is 11.9. The van der Waals surface area contributed by atoms with Crippen LogP contribution in [0.4, 0.5) is 5.69 Å². The summed E-state index contributed by atoms with van der Waals surface area (Å²) in [5, 5.41) is 5.59. The summed E-state index contributed by atoms with van der Waals surface area (Å²) in [5.74, 6) is 0. The third-order valence-corrected chi connectivity index (χ3v) is 3.71. The topological polar surface area (TPSA) is 59.8 Å². The van der Waals surface area contributed by atoms with Crippen LogP contribution in [0.25, 0.3) is 10.2 Å². The van der Waals surface area contributed by atoms with Crippen LogP contribution in [-0.4, -0.2) is 21.6 Å². The molecule has 1 N–H and O–H groups in total. The minimum Gasteiger partial charge on any atom is -0.388 e. The standard InChI is InChI=1S/C13H12N4OS/c1-14-9-2-4-15-10(6-9)7-17-8-16-12-11(13(17)18)3-5-19-12/h2-6,8H,7H2,1H3,(H,14,15). The van der Waals surface area contributed by atoms with Crippen LogP contribution >= 0.6 is 11.3 Å². The van der Waals surface area contributed by atoms with E-state index in [0.29, 0.717) is 11.9 Å². The van der Waals surface area contributed by atoms with Crippen molar-refractivity contribution in [3.8, 4) is 0 Å². The van der Waals surface area contributed by atoms with Gasteiger partial charge in [0.2, 0.25) is 0 Å². The number of nitrogens with zero attached hydrogens (tertiary/aromatic N) is 3. The Balaban J connectivity index is 2.00. The molecule has 0 bridgehead atoms. The minimum absolute atomic E-state index is 0.0251. The fourth-order valence-corrected chi connectivity index (χ4v) is 2.62. The fourth-order valence-electron chi connectivity index (χ4n) is 1.90. The van der Waals surface area contributed by atoms with Gasteiger partial charge in [-0.2, -0.15) is 0 Å². The van der Waals surface area contributed by atoms with Crippen molar-refractivity contribution >= 4 is 27.2 Å². The summed E-state index contributed by atoms with van der Waals surface area (Å²) in [7, 11) is 1.85. The van der Waals surface area contributed by atoms with E-state index in [1.54, 1.807) is 17.1 Å². The van der Waals surface area contributed by atoms with Crippen LogP contribution in [0.3, 0.4) is 0 Å². The molecule has 6 heteroatoms. The summed E-state index contributed by atoms with van der Waals surface area (Å²) in [5.41, 5.74) is 1.77. The maximum atomic E-state index is 12.2. The molecular formula is C13H12N4OS. The second kappa shape index (κ2) is 4.81. The Bertz CT molecular complexity index is 777. The van der Waals surface area contributed by atoms with Crippen molar-refractivity contribution in [2.45, 2.75) is 6.54 Å². The molecule has 3 aromatic rings. The average Bonchev–Trinajstić information content (AvgIpc) is 2.91. The monoisotopic (exact) mass is 272 g/mol. The minimum atomic E-state index is -0.0251. The predicted octanol–water partition coefficient (Wildman–Crippen LogP) is 1.94.